The molecule has 0 saturated heterocycles. The summed E-state index contributed by atoms with van der Waals surface area (Å²) in [6, 6.07) is 11.5. The molecule has 1 atom stereocenters. The van der Waals surface area contributed by atoms with Crippen LogP contribution < -0.4 is 0 Å². The Hall–Kier alpha value is -3.13. The van der Waals surface area contributed by atoms with Gasteiger partial charge in [0, 0.05) is 17.7 Å². The van der Waals surface area contributed by atoms with Crippen molar-refractivity contribution in [2.75, 3.05) is 0 Å². The minimum Gasteiger partial charge on any atom is -0.386 e. The third kappa shape index (κ3) is 3.44. The normalized spacial score (nSPS) is 12.1. The zero-order chi connectivity index (χ0) is 17.1. The Morgan fingerprint density at radius 3 is 2.46 bits per heavy atom. The molecular weight excluding hydrogens is 315 g/mol. The quantitative estimate of drug-likeness (QED) is 0.574. The minimum absolute atomic E-state index is 0.00934. The summed E-state index contributed by atoms with van der Waals surface area (Å²) in [5.41, 5.74) is 1.20. The van der Waals surface area contributed by atoms with Crippen LogP contribution in [0.4, 0.5) is 10.1 Å². The lowest BCUT2D eigenvalue weighted by Gasteiger charge is -2.10. The number of rotatable bonds is 5. The van der Waals surface area contributed by atoms with Gasteiger partial charge in [-0.15, -0.1) is 0 Å². The summed E-state index contributed by atoms with van der Waals surface area (Å²) in [4.78, 5) is 14.3. The van der Waals surface area contributed by atoms with Gasteiger partial charge in [-0.25, -0.2) is 14.1 Å². The molecule has 0 saturated carbocycles. The molecule has 24 heavy (non-hydrogen) atoms. The van der Waals surface area contributed by atoms with E-state index in [4.69, 9.17) is 0 Å². The van der Waals surface area contributed by atoms with Gasteiger partial charge in [0.05, 0.1) is 17.6 Å². The van der Waals surface area contributed by atoms with Crippen molar-refractivity contribution in [3.63, 3.8) is 0 Å². The fourth-order valence-electron chi connectivity index (χ4n) is 2.21. The summed E-state index contributed by atoms with van der Waals surface area (Å²) >= 11 is 0. The van der Waals surface area contributed by atoms with Gasteiger partial charge in [0.2, 0.25) is 0 Å². The number of nitro groups is 1. The number of hydrogen-bond acceptors (Lipinski definition) is 5. The van der Waals surface area contributed by atoms with Crippen LogP contribution in [0.25, 0.3) is 11.4 Å². The molecule has 8 heteroatoms. The lowest BCUT2D eigenvalue weighted by molar-refractivity contribution is -0.384. The molecule has 0 fully saturated rings. The van der Waals surface area contributed by atoms with Crippen LogP contribution in [-0.4, -0.2) is 24.8 Å². The number of nitro benzene ring substituents is 1. The predicted molar refractivity (Wildman–Crippen MR) is 83.5 cm³/mol. The average Bonchev–Trinajstić information content (AvgIpc) is 3.04. The van der Waals surface area contributed by atoms with Gasteiger partial charge < -0.3 is 5.11 Å². The van der Waals surface area contributed by atoms with Crippen molar-refractivity contribution in [3.8, 4) is 11.4 Å². The summed E-state index contributed by atoms with van der Waals surface area (Å²) in [5.74, 6) is 0.0309. The number of non-ortho nitro benzene ring substituents is 1. The second kappa shape index (κ2) is 6.55. The second-order valence-corrected chi connectivity index (χ2v) is 5.16. The van der Waals surface area contributed by atoms with E-state index >= 15 is 0 Å². The number of nitrogens with zero attached hydrogens (tertiary/aromatic N) is 4. The number of aliphatic hydroxyl groups is 1. The first-order valence-corrected chi connectivity index (χ1v) is 7.11. The molecule has 1 N–H and O–H groups in total. The van der Waals surface area contributed by atoms with E-state index in [1.54, 1.807) is 12.1 Å². The van der Waals surface area contributed by atoms with Crippen LogP contribution in [-0.2, 0) is 6.54 Å². The van der Waals surface area contributed by atoms with Gasteiger partial charge in [0.1, 0.15) is 12.1 Å². The first-order valence-electron chi connectivity index (χ1n) is 7.11. The first-order chi connectivity index (χ1) is 11.5. The smallest absolute Gasteiger partial charge is 0.269 e. The van der Waals surface area contributed by atoms with Gasteiger partial charge in [-0.2, -0.15) is 5.10 Å². The molecule has 3 rings (SSSR count). The molecule has 0 amide bonds. The zero-order valence-electron chi connectivity index (χ0n) is 12.4. The van der Waals surface area contributed by atoms with E-state index in [1.807, 2.05) is 0 Å². The number of aliphatic hydroxyl groups excluding tert-OH is 1. The highest BCUT2D eigenvalue weighted by molar-refractivity contribution is 5.56. The maximum atomic E-state index is 12.9. The van der Waals surface area contributed by atoms with Crippen molar-refractivity contribution in [1.82, 2.24) is 14.8 Å². The lowest BCUT2D eigenvalue weighted by atomic mass is 10.1. The van der Waals surface area contributed by atoms with E-state index in [0.29, 0.717) is 17.0 Å². The highest BCUT2D eigenvalue weighted by Crippen LogP contribution is 2.20. The largest absolute Gasteiger partial charge is 0.386 e. The Kier molecular flexibility index (Phi) is 4.30. The van der Waals surface area contributed by atoms with Gasteiger partial charge in [0.15, 0.2) is 5.82 Å². The van der Waals surface area contributed by atoms with Crippen molar-refractivity contribution >= 4 is 5.69 Å². The topological polar surface area (TPSA) is 94.1 Å². The number of halogens is 1. The second-order valence-electron chi connectivity index (χ2n) is 5.16. The van der Waals surface area contributed by atoms with Gasteiger partial charge >= 0.3 is 0 Å². The van der Waals surface area contributed by atoms with Gasteiger partial charge in [0.25, 0.3) is 5.69 Å². The third-order valence-electron chi connectivity index (χ3n) is 3.49. The highest BCUT2D eigenvalue weighted by Gasteiger charge is 2.12. The van der Waals surface area contributed by atoms with Crippen molar-refractivity contribution in [1.29, 1.82) is 0 Å². The van der Waals surface area contributed by atoms with E-state index in [-0.39, 0.29) is 18.0 Å². The SMILES string of the molecule is O=[N+]([O-])c1ccc(-c2ncn(C[C@@H](O)c3ccc(F)cc3)n2)cc1. The Morgan fingerprint density at radius 1 is 1.17 bits per heavy atom. The molecule has 0 aliphatic heterocycles. The van der Waals surface area contributed by atoms with Gasteiger partial charge in [-0.05, 0) is 29.8 Å². The summed E-state index contributed by atoms with van der Waals surface area (Å²) < 4.78 is 14.4. The van der Waals surface area contributed by atoms with E-state index in [0.717, 1.165) is 0 Å². The zero-order valence-corrected chi connectivity index (χ0v) is 12.4. The van der Waals surface area contributed by atoms with Crippen molar-refractivity contribution in [2.45, 2.75) is 12.6 Å². The first kappa shape index (κ1) is 15.8. The average molecular weight is 328 g/mol. The molecule has 2 aromatic carbocycles. The van der Waals surface area contributed by atoms with Crippen LogP contribution in [0.3, 0.4) is 0 Å². The standard InChI is InChI=1S/C16H13FN4O3/c17-13-5-1-11(2-6-13)15(22)9-20-10-18-16(19-20)12-3-7-14(8-4-12)21(23)24/h1-8,10,15,22H,9H2/t15-/m1/s1. The summed E-state index contributed by atoms with van der Waals surface area (Å²) in [7, 11) is 0. The molecule has 1 heterocycles. The monoisotopic (exact) mass is 328 g/mol. The lowest BCUT2D eigenvalue weighted by Crippen LogP contribution is -2.09. The molecule has 7 nitrogen and oxygen atoms in total. The molecule has 122 valence electrons. The molecular formula is C16H13FN4O3. The maximum Gasteiger partial charge on any atom is 0.269 e. The summed E-state index contributed by atoms with van der Waals surface area (Å²) in [6.07, 6.45) is 0.612. The van der Waals surface area contributed by atoms with Crippen LogP contribution in [0.15, 0.2) is 54.9 Å². The fraction of sp³-hybridized carbons (Fsp3) is 0.125. The molecule has 0 unspecified atom stereocenters. The van der Waals surface area contributed by atoms with Crippen LogP contribution in [0.5, 0.6) is 0 Å². The van der Waals surface area contributed by atoms with Crippen LogP contribution in [0.1, 0.15) is 11.7 Å². The van der Waals surface area contributed by atoms with E-state index < -0.39 is 11.0 Å². The Morgan fingerprint density at radius 2 is 1.83 bits per heavy atom. The molecule has 3 aromatic rings. The van der Waals surface area contributed by atoms with E-state index in [2.05, 4.69) is 10.1 Å². The Labute approximate surface area is 136 Å². The van der Waals surface area contributed by atoms with Crippen LogP contribution in [0.2, 0.25) is 0 Å². The number of hydrogen-bond donors (Lipinski definition) is 1. The molecule has 0 spiro atoms. The Bertz CT molecular complexity index is 847. The maximum absolute atomic E-state index is 12.9. The van der Waals surface area contributed by atoms with E-state index in [1.165, 1.54) is 47.4 Å². The highest BCUT2D eigenvalue weighted by atomic mass is 19.1. The summed E-state index contributed by atoms with van der Waals surface area (Å²) in [6.45, 7) is 0.158. The molecule has 0 aliphatic carbocycles. The van der Waals surface area contributed by atoms with Crippen molar-refractivity contribution in [3.05, 3.63) is 76.4 Å². The molecule has 0 aliphatic rings. The molecule has 1 aromatic heterocycles. The predicted octanol–water partition coefficient (Wildman–Crippen LogP) is 2.73. The Balaban J connectivity index is 1.73. The third-order valence-corrected chi connectivity index (χ3v) is 3.49. The summed E-state index contributed by atoms with van der Waals surface area (Å²) in [5, 5.41) is 25.0. The molecule has 0 radical (unpaired) electrons. The van der Waals surface area contributed by atoms with E-state index in [9.17, 15) is 19.6 Å². The number of benzene rings is 2. The van der Waals surface area contributed by atoms with Crippen LogP contribution >= 0.6 is 0 Å². The molecule has 0 bridgehead atoms. The van der Waals surface area contributed by atoms with Crippen molar-refractivity contribution in [2.24, 2.45) is 0 Å². The fourth-order valence-corrected chi connectivity index (χ4v) is 2.21. The van der Waals surface area contributed by atoms with Crippen LogP contribution in [0, 0.1) is 15.9 Å². The minimum atomic E-state index is -0.850. The van der Waals surface area contributed by atoms with Crippen molar-refractivity contribution < 1.29 is 14.4 Å². The van der Waals surface area contributed by atoms with Gasteiger partial charge in [-0.3, -0.25) is 10.1 Å². The number of aromatic nitrogens is 3. The van der Waals surface area contributed by atoms with Gasteiger partial charge in [-0.1, -0.05) is 12.1 Å².